The molecule has 0 aliphatic carbocycles. The summed E-state index contributed by atoms with van der Waals surface area (Å²) < 4.78 is 0.613. The number of rotatable bonds is 4. The zero-order valence-corrected chi connectivity index (χ0v) is 9.75. The van der Waals surface area contributed by atoms with E-state index in [0.717, 1.165) is 0 Å². The first kappa shape index (κ1) is 13.0. The number of halogens is 1. The molecular weight excluding hydrogens is 280 g/mol. The normalized spacial score (nSPS) is 14.4. The van der Waals surface area contributed by atoms with E-state index < -0.39 is 24.6 Å². The average Bonchev–Trinajstić information content (AvgIpc) is 2.19. The molecule has 2 atom stereocenters. The molecule has 0 heterocycles. The molecule has 0 aromatic heterocycles. The lowest BCUT2D eigenvalue weighted by molar-refractivity contribution is -0.141. The summed E-state index contributed by atoms with van der Waals surface area (Å²) in [5.74, 6) is -1.42. The SMILES string of the molecule is O=C(O)CC(O)C(O)c1cc(Br)ccc1O. The van der Waals surface area contributed by atoms with Crippen molar-refractivity contribution in [1.29, 1.82) is 0 Å². The number of phenols is 1. The lowest BCUT2D eigenvalue weighted by Gasteiger charge is -2.17. The number of carboxylic acid groups (broad SMARTS) is 1. The smallest absolute Gasteiger partial charge is 0.306 e. The van der Waals surface area contributed by atoms with E-state index in [1.165, 1.54) is 12.1 Å². The summed E-state index contributed by atoms with van der Waals surface area (Å²) in [5, 5.41) is 37.0. The highest BCUT2D eigenvalue weighted by atomic mass is 79.9. The maximum absolute atomic E-state index is 10.4. The molecule has 0 fully saturated rings. The minimum atomic E-state index is -1.46. The van der Waals surface area contributed by atoms with Crippen LogP contribution in [0.4, 0.5) is 0 Å². The van der Waals surface area contributed by atoms with Gasteiger partial charge < -0.3 is 20.4 Å². The first-order valence-electron chi connectivity index (χ1n) is 4.48. The molecule has 0 spiro atoms. The summed E-state index contributed by atoms with van der Waals surface area (Å²) in [6, 6.07) is 4.33. The number of aliphatic carboxylic acids is 1. The molecule has 0 saturated heterocycles. The van der Waals surface area contributed by atoms with E-state index in [2.05, 4.69) is 15.9 Å². The zero-order chi connectivity index (χ0) is 12.3. The van der Waals surface area contributed by atoms with Crippen molar-refractivity contribution < 1.29 is 25.2 Å². The molecule has 16 heavy (non-hydrogen) atoms. The molecule has 6 heteroatoms. The molecular formula is C10H11BrO5. The van der Waals surface area contributed by atoms with Crippen LogP contribution in [0.5, 0.6) is 5.75 Å². The summed E-state index contributed by atoms with van der Waals surface area (Å²) in [6.07, 6.45) is -3.49. The Morgan fingerprint density at radius 1 is 1.38 bits per heavy atom. The van der Waals surface area contributed by atoms with Crippen molar-refractivity contribution in [2.45, 2.75) is 18.6 Å². The predicted octanol–water partition coefficient (Wildman–Crippen LogP) is 1.02. The van der Waals surface area contributed by atoms with Gasteiger partial charge in [0.25, 0.3) is 0 Å². The van der Waals surface area contributed by atoms with Crippen LogP contribution in [0.1, 0.15) is 18.1 Å². The highest BCUT2D eigenvalue weighted by molar-refractivity contribution is 9.10. The standard InChI is InChI=1S/C10H11BrO5/c11-5-1-2-7(12)6(3-5)10(16)8(13)4-9(14)15/h1-3,8,10,12-13,16H,4H2,(H,14,15). The van der Waals surface area contributed by atoms with Crippen LogP contribution in [-0.2, 0) is 4.79 Å². The number of hydrogen-bond donors (Lipinski definition) is 4. The van der Waals surface area contributed by atoms with Crippen LogP contribution >= 0.6 is 15.9 Å². The number of hydrogen-bond acceptors (Lipinski definition) is 4. The van der Waals surface area contributed by atoms with Gasteiger partial charge in [0, 0.05) is 10.0 Å². The molecule has 0 amide bonds. The van der Waals surface area contributed by atoms with Crippen LogP contribution in [0.25, 0.3) is 0 Å². The molecule has 2 unspecified atom stereocenters. The first-order chi connectivity index (χ1) is 7.41. The van der Waals surface area contributed by atoms with Gasteiger partial charge in [0.15, 0.2) is 0 Å². The van der Waals surface area contributed by atoms with Crippen LogP contribution in [0.2, 0.25) is 0 Å². The van der Waals surface area contributed by atoms with E-state index in [4.69, 9.17) is 5.11 Å². The van der Waals surface area contributed by atoms with E-state index in [9.17, 15) is 20.1 Å². The fraction of sp³-hybridized carbons (Fsp3) is 0.300. The van der Waals surface area contributed by atoms with E-state index in [1.54, 1.807) is 6.07 Å². The van der Waals surface area contributed by atoms with Crippen molar-refractivity contribution in [3.63, 3.8) is 0 Å². The number of benzene rings is 1. The van der Waals surface area contributed by atoms with Gasteiger partial charge in [-0.1, -0.05) is 15.9 Å². The molecule has 1 aromatic rings. The number of carbonyl (C=O) groups is 1. The Labute approximate surface area is 100 Å². The number of carboxylic acids is 1. The van der Waals surface area contributed by atoms with Crippen molar-refractivity contribution >= 4 is 21.9 Å². The van der Waals surface area contributed by atoms with Crippen molar-refractivity contribution in [2.24, 2.45) is 0 Å². The number of aliphatic hydroxyl groups is 2. The van der Waals surface area contributed by atoms with Gasteiger partial charge in [-0.05, 0) is 18.2 Å². The maximum Gasteiger partial charge on any atom is 0.306 e. The molecule has 1 rings (SSSR count). The fourth-order valence-corrected chi connectivity index (χ4v) is 1.64. The second kappa shape index (κ2) is 5.29. The zero-order valence-electron chi connectivity index (χ0n) is 8.17. The van der Waals surface area contributed by atoms with Gasteiger partial charge in [-0.15, -0.1) is 0 Å². The Hall–Kier alpha value is -1.11. The Kier molecular flexibility index (Phi) is 4.28. The number of phenolic OH excluding ortho intramolecular Hbond substituents is 1. The highest BCUT2D eigenvalue weighted by Gasteiger charge is 2.23. The van der Waals surface area contributed by atoms with E-state index in [-0.39, 0.29) is 11.3 Å². The molecule has 4 N–H and O–H groups in total. The maximum atomic E-state index is 10.4. The lowest BCUT2D eigenvalue weighted by Crippen LogP contribution is -2.21. The summed E-state index contributed by atoms with van der Waals surface area (Å²) >= 11 is 3.14. The van der Waals surface area contributed by atoms with E-state index >= 15 is 0 Å². The van der Waals surface area contributed by atoms with Crippen LogP contribution in [0.3, 0.4) is 0 Å². The molecule has 0 radical (unpaired) electrons. The third-order valence-corrected chi connectivity index (χ3v) is 2.55. The Morgan fingerprint density at radius 2 is 2.00 bits per heavy atom. The van der Waals surface area contributed by atoms with Gasteiger partial charge in [0.1, 0.15) is 11.9 Å². The van der Waals surface area contributed by atoms with Crippen molar-refractivity contribution in [1.82, 2.24) is 0 Å². The number of aromatic hydroxyl groups is 1. The summed E-state index contributed by atoms with van der Waals surface area (Å²) in [7, 11) is 0. The molecule has 0 aliphatic heterocycles. The second-order valence-corrected chi connectivity index (χ2v) is 4.23. The van der Waals surface area contributed by atoms with Crippen LogP contribution in [0.15, 0.2) is 22.7 Å². The predicted molar refractivity (Wildman–Crippen MR) is 59.0 cm³/mol. The molecule has 0 bridgehead atoms. The quantitative estimate of drug-likeness (QED) is 0.664. The van der Waals surface area contributed by atoms with Crippen LogP contribution in [-0.4, -0.2) is 32.5 Å². The van der Waals surface area contributed by atoms with E-state index in [1.807, 2.05) is 0 Å². The minimum Gasteiger partial charge on any atom is -0.508 e. The second-order valence-electron chi connectivity index (χ2n) is 3.31. The minimum absolute atomic E-state index is 0.0862. The topological polar surface area (TPSA) is 98.0 Å². The summed E-state index contributed by atoms with van der Waals surface area (Å²) in [4.78, 5) is 10.4. The third kappa shape index (κ3) is 3.19. The Balaban J connectivity index is 2.90. The van der Waals surface area contributed by atoms with Gasteiger partial charge in [-0.2, -0.15) is 0 Å². The largest absolute Gasteiger partial charge is 0.508 e. The Morgan fingerprint density at radius 3 is 2.56 bits per heavy atom. The molecule has 1 aromatic carbocycles. The van der Waals surface area contributed by atoms with Gasteiger partial charge in [-0.3, -0.25) is 4.79 Å². The van der Waals surface area contributed by atoms with Crippen molar-refractivity contribution in [2.75, 3.05) is 0 Å². The van der Waals surface area contributed by atoms with Gasteiger partial charge in [0.2, 0.25) is 0 Å². The highest BCUT2D eigenvalue weighted by Crippen LogP contribution is 2.30. The molecule has 88 valence electrons. The Bertz CT molecular complexity index is 393. The molecule has 5 nitrogen and oxygen atoms in total. The fourth-order valence-electron chi connectivity index (χ4n) is 1.26. The third-order valence-electron chi connectivity index (χ3n) is 2.06. The van der Waals surface area contributed by atoms with E-state index in [0.29, 0.717) is 4.47 Å². The molecule has 0 saturated carbocycles. The monoisotopic (exact) mass is 290 g/mol. The summed E-state index contributed by atoms with van der Waals surface area (Å²) in [6.45, 7) is 0. The summed E-state index contributed by atoms with van der Waals surface area (Å²) in [5.41, 5.74) is 0.0862. The average molecular weight is 291 g/mol. The van der Waals surface area contributed by atoms with Gasteiger partial charge in [0.05, 0.1) is 12.5 Å². The number of aliphatic hydroxyl groups excluding tert-OH is 2. The van der Waals surface area contributed by atoms with Gasteiger partial charge >= 0.3 is 5.97 Å². The lowest BCUT2D eigenvalue weighted by atomic mass is 10.0. The molecule has 0 aliphatic rings. The van der Waals surface area contributed by atoms with Crippen LogP contribution < -0.4 is 0 Å². The first-order valence-corrected chi connectivity index (χ1v) is 5.27. The van der Waals surface area contributed by atoms with Crippen molar-refractivity contribution in [3.05, 3.63) is 28.2 Å². The van der Waals surface area contributed by atoms with Gasteiger partial charge in [-0.25, -0.2) is 0 Å². The van der Waals surface area contributed by atoms with Crippen LogP contribution in [0, 0.1) is 0 Å². The van der Waals surface area contributed by atoms with Crippen molar-refractivity contribution in [3.8, 4) is 5.75 Å².